The topological polar surface area (TPSA) is 41.0 Å². The molecule has 0 bridgehead atoms. The number of imidazole rings is 1. The molecule has 3 nitrogen and oxygen atoms in total. The lowest BCUT2D eigenvalue weighted by atomic mass is 10.1. The van der Waals surface area contributed by atoms with E-state index in [0.29, 0.717) is 5.92 Å². The SMILES string of the molecule is CCC1C=c2nc(C)[nH]c2=NC1. The van der Waals surface area contributed by atoms with Gasteiger partial charge in [0.15, 0.2) is 5.49 Å². The molecule has 0 saturated carbocycles. The smallest absolute Gasteiger partial charge is 0.152 e. The van der Waals surface area contributed by atoms with Crippen LogP contribution in [0.3, 0.4) is 0 Å². The van der Waals surface area contributed by atoms with Crippen molar-refractivity contribution in [1.29, 1.82) is 0 Å². The van der Waals surface area contributed by atoms with Gasteiger partial charge in [-0.2, -0.15) is 0 Å². The standard InChI is InChI=1S/C9H13N3/c1-3-7-4-8-9(10-5-7)12-6(2)11-8/h4,7H,3,5H2,1-2H3,(H,10,11,12). The first-order valence-electron chi connectivity index (χ1n) is 4.38. The van der Waals surface area contributed by atoms with Crippen LogP contribution in [0.2, 0.25) is 0 Å². The number of rotatable bonds is 1. The first kappa shape index (κ1) is 7.53. The predicted octanol–water partition coefficient (Wildman–Crippen LogP) is 0.158. The molecule has 1 aliphatic heterocycles. The van der Waals surface area contributed by atoms with Gasteiger partial charge in [-0.25, -0.2) is 4.98 Å². The lowest BCUT2D eigenvalue weighted by molar-refractivity contribution is 0.648. The largest absolute Gasteiger partial charge is 0.327 e. The quantitative estimate of drug-likeness (QED) is 0.629. The highest BCUT2D eigenvalue weighted by atomic mass is 15.0. The average Bonchev–Trinajstić information content (AvgIpc) is 2.43. The maximum Gasteiger partial charge on any atom is 0.152 e. The van der Waals surface area contributed by atoms with Crippen LogP contribution in [0.1, 0.15) is 19.2 Å². The van der Waals surface area contributed by atoms with Crippen molar-refractivity contribution < 1.29 is 0 Å². The monoisotopic (exact) mass is 163 g/mol. The van der Waals surface area contributed by atoms with E-state index in [9.17, 15) is 0 Å². The molecular formula is C9H13N3. The van der Waals surface area contributed by atoms with Gasteiger partial charge in [0.1, 0.15) is 11.2 Å². The molecule has 1 atom stereocenters. The molecule has 0 aromatic carbocycles. The van der Waals surface area contributed by atoms with E-state index < -0.39 is 0 Å². The summed E-state index contributed by atoms with van der Waals surface area (Å²) in [6.07, 6.45) is 3.36. The molecule has 64 valence electrons. The van der Waals surface area contributed by atoms with Gasteiger partial charge < -0.3 is 4.98 Å². The third-order valence-electron chi connectivity index (χ3n) is 2.23. The van der Waals surface area contributed by atoms with Gasteiger partial charge in [0, 0.05) is 6.54 Å². The third-order valence-corrected chi connectivity index (χ3v) is 2.23. The Morgan fingerprint density at radius 3 is 3.25 bits per heavy atom. The van der Waals surface area contributed by atoms with E-state index in [1.807, 2.05) is 6.92 Å². The van der Waals surface area contributed by atoms with Crippen molar-refractivity contribution in [2.75, 3.05) is 6.54 Å². The van der Waals surface area contributed by atoms with Gasteiger partial charge in [-0.1, -0.05) is 6.92 Å². The molecule has 1 aromatic rings. The fraction of sp³-hybridized carbons (Fsp3) is 0.556. The van der Waals surface area contributed by atoms with Crippen LogP contribution in [-0.4, -0.2) is 16.5 Å². The van der Waals surface area contributed by atoms with E-state index in [-0.39, 0.29) is 0 Å². The molecule has 12 heavy (non-hydrogen) atoms. The van der Waals surface area contributed by atoms with Crippen LogP contribution in [0.4, 0.5) is 0 Å². The zero-order chi connectivity index (χ0) is 8.55. The first-order valence-corrected chi connectivity index (χ1v) is 4.38. The Morgan fingerprint density at radius 1 is 1.67 bits per heavy atom. The van der Waals surface area contributed by atoms with Crippen LogP contribution in [0.25, 0.3) is 6.08 Å². The maximum absolute atomic E-state index is 4.42. The molecule has 1 unspecified atom stereocenters. The minimum atomic E-state index is 0.584. The Balaban J connectivity index is 2.55. The summed E-state index contributed by atoms with van der Waals surface area (Å²) in [5.41, 5.74) is 0.956. The van der Waals surface area contributed by atoms with Crippen LogP contribution in [0.15, 0.2) is 4.99 Å². The fourth-order valence-electron chi connectivity index (χ4n) is 1.47. The average molecular weight is 163 g/mol. The second-order valence-corrected chi connectivity index (χ2v) is 3.23. The zero-order valence-corrected chi connectivity index (χ0v) is 7.46. The van der Waals surface area contributed by atoms with Crippen molar-refractivity contribution in [3.05, 3.63) is 16.7 Å². The third kappa shape index (κ3) is 1.15. The summed E-state index contributed by atoms with van der Waals surface area (Å²) < 4.78 is 0. The van der Waals surface area contributed by atoms with Gasteiger partial charge in [-0.05, 0) is 25.3 Å². The van der Waals surface area contributed by atoms with Gasteiger partial charge in [-0.3, -0.25) is 4.99 Å². The van der Waals surface area contributed by atoms with Crippen LogP contribution in [-0.2, 0) is 0 Å². The summed E-state index contributed by atoms with van der Waals surface area (Å²) in [5, 5.41) is 1.03. The van der Waals surface area contributed by atoms with E-state index in [1.165, 1.54) is 0 Å². The molecule has 1 N–H and O–H groups in total. The van der Waals surface area contributed by atoms with Crippen LogP contribution in [0.5, 0.6) is 0 Å². The number of hydrogen-bond donors (Lipinski definition) is 1. The van der Waals surface area contributed by atoms with Crippen molar-refractivity contribution in [2.24, 2.45) is 10.9 Å². The van der Waals surface area contributed by atoms with E-state index in [2.05, 4.69) is 28.0 Å². The summed E-state index contributed by atoms with van der Waals surface area (Å²) >= 11 is 0. The number of nitrogens with zero attached hydrogens (tertiary/aromatic N) is 2. The molecule has 0 fully saturated rings. The highest BCUT2D eigenvalue weighted by Gasteiger charge is 2.07. The molecular weight excluding hydrogens is 150 g/mol. The van der Waals surface area contributed by atoms with E-state index in [0.717, 1.165) is 29.6 Å². The highest BCUT2D eigenvalue weighted by molar-refractivity contribution is 5.24. The van der Waals surface area contributed by atoms with Crippen LogP contribution in [0, 0.1) is 12.8 Å². The molecule has 0 radical (unpaired) electrons. The number of aromatic nitrogens is 2. The number of aromatic amines is 1. The summed E-state index contributed by atoms with van der Waals surface area (Å²) in [4.78, 5) is 11.9. The summed E-state index contributed by atoms with van der Waals surface area (Å²) in [5.74, 6) is 1.54. The van der Waals surface area contributed by atoms with Gasteiger partial charge in [0.2, 0.25) is 0 Å². The number of nitrogens with one attached hydrogen (secondary N) is 1. The van der Waals surface area contributed by atoms with E-state index in [1.54, 1.807) is 0 Å². The van der Waals surface area contributed by atoms with Crippen molar-refractivity contribution in [1.82, 2.24) is 9.97 Å². The Morgan fingerprint density at radius 2 is 2.50 bits per heavy atom. The second kappa shape index (κ2) is 2.73. The molecule has 1 aromatic heterocycles. The van der Waals surface area contributed by atoms with Crippen molar-refractivity contribution >= 4 is 6.08 Å². The molecule has 0 aliphatic carbocycles. The van der Waals surface area contributed by atoms with Gasteiger partial charge in [-0.15, -0.1) is 0 Å². The Hall–Kier alpha value is -1.12. The minimum Gasteiger partial charge on any atom is -0.327 e. The van der Waals surface area contributed by atoms with Gasteiger partial charge >= 0.3 is 0 Å². The minimum absolute atomic E-state index is 0.584. The number of H-pyrrole nitrogens is 1. The zero-order valence-electron chi connectivity index (χ0n) is 7.46. The van der Waals surface area contributed by atoms with Crippen molar-refractivity contribution in [3.63, 3.8) is 0 Å². The van der Waals surface area contributed by atoms with Gasteiger partial charge in [0.25, 0.3) is 0 Å². The number of fused-ring (bicyclic) bond motifs is 1. The Labute approximate surface area is 71.2 Å². The molecule has 0 amide bonds. The summed E-state index contributed by atoms with van der Waals surface area (Å²) in [6.45, 7) is 5.05. The fourth-order valence-corrected chi connectivity index (χ4v) is 1.47. The Kier molecular flexibility index (Phi) is 1.71. The Bertz CT molecular complexity index is 388. The van der Waals surface area contributed by atoms with Crippen molar-refractivity contribution in [3.8, 4) is 0 Å². The molecule has 0 saturated heterocycles. The summed E-state index contributed by atoms with van der Waals surface area (Å²) in [6, 6.07) is 0. The molecule has 3 heteroatoms. The van der Waals surface area contributed by atoms with E-state index >= 15 is 0 Å². The second-order valence-electron chi connectivity index (χ2n) is 3.23. The maximum atomic E-state index is 4.42. The molecule has 0 spiro atoms. The van der Waals surface area contributed by atoms with Gasteiger partial charge in [0.05, 0.1) is 0 Å². The lowest BCUT2D eigenvalue weighted by Crippen LogP contribution is -2.31. The first-order chi connectivity index (χ1) is 5.79. The van der Waals surface area contributed by atoms with Crippen LogP contribution >= 0.6 is 0 Å². The van der Waals surface area contributed by atoms with Crippen LogP contribution < -0.4 is 10.8 Å². The van der Waals surface area contributed by atoms with E-state index in [4.69, 9.17) is 0 Å². The summed E-state index contributed by atoms with van der Waals surface area (Å²) in [7, 11) is 0. The molecule has 2 heterocycles. The van der Waals surface area contributed by atoms with Crippen molar-refractivity contribution in [2.45, 2.75) is 20.3 Å². The predicted molar refractivity (Wildman–Crippen MR) is 47.2 cm³/mol. The normalized spacial score (nSPS) is 21.0. The highest BCUT2D eigenvalue weighted by Crippen LogP contribution is 2.04. The molecule has 1 aliphatic rings. The number of aryl methyl sites for hydroxylation is 1. The number of hydrogen-bond acceptors (Lipinski definition) is 2. The molecule has 2 rings (SSSR count). The lowest BCUT2D eigenvalue weighted by Gasteiger charge is -2.06.